The second-order valence-electron chi connectivity index (χ2n) is 8.14. The largest absolute Gasteiger partial charge is 0.468 e. The molecule has 0 fully saturated rings. The van der Waals surface area contributed by atoms with Crippen molar-refractivity contribution in [2.75, 3.05) is 14.2 Å². The Labute approximate surface area is 187 Å². The van der Waals surface area contributed by atoms with Crippen molar-refractivity contribution in [3.05, 3.63) is 88.0 Å². The van der Waals surface area contributed by atoms with Crippen molar-refractivity contribution in [1.29, 1.82) is 0 Å². The molecule has 0 N–H and O–H groups in total. The minimum Gasteiger partial charge on any atom is -0.468 e. The number of ether oxygens (including phenoxy) is 2. The maximum atomic E-state index is 13.4. The Balaban J connectivity index is 2.11. The Morgan fingerprint density at radius 2 is 1.53 bits per heavy atom. The zero-order valence-electron chi connectivity index (χ0n) is 18.6. The third-order valence-electron chi connectivity index (χ3n) is 6.40. The Morgan fingerprint density at radius 1 is 0.875 bits per heavy atom. The molecule has 2 aliphatic carbocycles. The van der Waals surface area contributed by atoms with E-state index >= 15 is 0 Å². The van der Waals surface area contributed by atoms with Crippen LogP contribution in [0.4, 0.5) is 0 Å². The van der Waals surface area contributed by atoms with Gasteiger partial charge in [-0.05, 0) is 66.0 Å². The second kappa shape index (κ2) is 8.58. The van der Waals surface area contributed by atoms with E-state index in [2.05, 4.69) is 6.08 Å². The van der Waals surface area contributed by atoms with Crippen molar-refractivity contribution in [3.63, 3.8) is 0 Å². The van der Waals surface area contributed by atoms with Gasteiger partial charge in [0.05, 0.1) is 14.2 Å². The number of ketones is 1. The van der Waals surface area contributed by atoms with Crippen molar-refractivity contribution in [1.82, 2.24) is 0 Å². The van der Waals surface area contributed by atoms with Gasteiger partial charge in [0, 0.05) is 5.56 Å². The van der Waals surface area contributed by atoms with Crippen LogP contribution in [0.25, 0.3) is 5.57 Å². The minimum absolute atomic E-state index is 0.0222. The highest BCUT2D eigenvalue weighted by atomic mass is 16.5. The number of Topliss-reactive ketones (excluding diaryl/α,β-unsaturated/α-hetero) is 1. The van der Waals surface area contributed by atoms with E-state index in [-0.39, 0.29) is 5.78 Å². The molecule has 0 heterocycles. The summed E-state index contributed by atoms with van der Waals surface area (Å²) >= 11 is 0. The molecule has 0 saturated carbocycles. The fourth-order valence-electron chi connectivity index (χ4n) is 4.94. The van der Waals surface area contributed by atoms with Gasteiger partial charge in [0.1, 0.15) is 0 Å². The van der Waals surface area contributed by atoms with E-state index in [9.17, 15) is 14.4 Å². The fraction of sp³-hybridized carbons (Fsp3) is 0.296. The number of methoxy groups -OCH3 is 2. The summed E-state index contributed by atoms with van der Waals surface area (Å²) in [5, 5.41) is 0. The number of carbonyl (C=O) groups excluding carboxylic acids is 3. The van der Waals surface area contributed by atoms with Gasteiger partial charge in [-0.15, -0.1) is 0 Å². The van der Waals surface area contributed by atoms with E-state index in [1.165, 1.54) is 21.1 Å². The number of benzene rings is 2. The summed E-state index contributed by atoms with van der Waals surface area (Å²) in [6, 6.07) is 14.7. The molecule has 2 aliphatic rings. The fourth-order valence-corrected chi connectivity index (χ4v) is 4.94. The highest BCUT2D eigenvalue weighted by Crippen LogP contribution is 2.54. The van der Waals surface area contributed by atoms with Crippen molar-refractivity contribution < 1.29 is 23.9 Å². The molecular formula is C27H26O5. The number of hydrogen-bond donors (Lipinski definition) is 0. The number of rotatable bonds is 5. The summed E-state index contributed by atoms with van der Waals surface area (Å²) < 4.78 is 10.5. The number of fused-ring (bicyclic) bond motifs is 1. The van der Waals surface area contributed by atoms with E-state index in [0.717, 1.165) is 48.0 Å². The van der Waals surface area contributed by atoms with Crippen molar-refractivity contribution >= 4 is 23.3 Å². The van der Waals surface area contributed by atoms with Crippen LogP contribution in [0.15, 0.2) is 65.8 Å². The minimum atomic E-state index is -1.70. The molecule has 0 aliphatic heterocycles. The Bertz CT molecular complexity index is 1130. The van der Waals surface area contributed by atoms with Crippen LogP contribution >= 0.6 is 0 Å². The van der Waals surface area contributed by atoms with Gasteiger partial charge in [0.2, 0.25) is 5.41 Å². The molecule has 2 aromatic rings. The highest BCUT2D eigenvalue weighted by Gasteiger charge is 2.59. The van der Waals surface area contributed by atoms with Crippen LogP contribution in [0.5, 0.6) is 0 Å². The predicted molar refractivity (Wildman–Crippen MR) is 121 cm³/mol. The van der Waals surface area contributed by atoms with Gasteiger partial charge in [0.15, 0.2) is 5.78 Å². The SMILES string of the molecule is COC(=O)C1(C(=O)OC)C(C2=CCCCC2)=C(c2ccc(C(C)=O)cc2)c2ccccc21. The van der Waals surface area contributed by atoms with Crippen LogP contribution in [-0.2, 0) is 24.5 Å². The van der Waals surface area contributed by atoms with Crippen LogP contribution in [0.1, 0.15) is 59.7 Å². The zero-order chi connectivity index (χ0) is 22.9. The van der Waals surface area contributed by atoms with Crippen molar-refractivity contribution in [2.24, 2.45) is 0 Å². The lowest BCUT2D eigenvalue weighted by atomic mass is 9.72. The average Bonchev–Trinajstić information content (AvgIpc) is 3.15. The normalized spacial score (nSPS) is 16.8. The topological polar surface area (TPSA) is 69.7 Å². The van der Waals surface area contributed by atoms with E-state index in [1.807, 2.05) is 30.3 Å². The summed E-state index contributed by atoms with van der Waals surface area (Å²) in [5.41, 5.74) is 3.50. The molecule has 164 valence electrons. The van der Waals surface area contributed by atoms with E-state index in [1.54, 1.807) is 18.2 Å². The second-order valence-corrected chi connectivity index (χ2v) is 8.14. The molecule has 0 bridgehead atoms. The van der Waals surface area contributed by atoms with Gasteiger partial charge in [-0.1, -0.05) is 54.6 Å². The maximum absolute atomic E-state index is 13.4. The van der Waals surface area contributed by atoms with Crippen LogP contribution in [0.3, 0.4) is 0 Å². The maximum Gasteiger partial charge on any atom is 0.332 e. The molecule has 32 heavy (non-hydrogen) atoms. The molecule has 0 saturated heterocycles. The Morgan fingerprint density at radius 3 is 2.09 bits per heavy atom. The van der Waals surface area contributed by atoms with Gasteiger partial charge in [0.25, 0.3) is 0 Å². The van der Waals surface area contributed by atoms with Gasteiger partial charge in [-0.25, -0.2) is 0 Å². The molecule has 0 aromatic heterocycles. The molecule has 0 spiro atoms. The molecule has 5 nitrogen and oxygen atoms in total. The van der Waals surface area contributed by atoms with Crippen molar-refractivity contribution in [3.8, 4) is 0 Å². The highest BCUT2D eigenvalue weighted by molar-refractivity contribution is 6.17. The van der Waals surface area contributed by atoms with Crippen LogP contribution in [0, 0.1) is 0 Å². The van der Waals surface area contributed by atoms with Gasteiger partial charge in [-0.2, -0.15) is 0 Å². The Hall–Kier alpha value is -3.47. The first kappa shape index (κ1) is 21.8. The first-order valence-electron chi connectivity index (χ1n) is 10.8. The molecule has 0 unspecified atom stereocenters. The summed E-state index contributed by atoms with van der Waals surface area (Å²) in [5.74, 6) is -1.34. The standard InChI is InChI=1S/C27H26O5/c1-17(28)18-13-15-19(16-14-18)23-21-11-7-8-12-22(21)27(25(29)31-2,26(30)32-3)24(23)20-9-5-4-6-10-20/h7-9,11-16H,4-6,10H2,1-3H3. The zero-order valence-corrected chi connectivity index (χ0v) is 18.6. The van der Waals surface area contributed by atoms with E-state index in [0.29, 0.717) is 16.7 Å². The summed E-state index contributed by atoms with van der Waals surface area (Å²) in [6.07, 6.45) is 5.80. The van der Waals surface area contributed by atoms with E-state index < -0.39 is 17.4 Å². The van der Waals surface area contributed by atoms with Gasteiger partial charge >= 0.3 is 11.9 Å². The predicted octanol–water partition coefficient (Wildman–Crippen LogP) is 4.79. The van der Waals surface area contributed by atoms with Crippen molar-refractivity contribution in [2.45, 2.75) is 38.0 Å². The number of hydrogen-bond acceptors (Lipinski definition) is 5. The van der Waals surface area contributed by atoms with Gasteiger partial charge < -0.3 is 9.47 Å². The third-order valence-corrected chi connectivity index (χ3v) is 6.40. The molecule has 2 aromatic carbocycles. The third kappa shape index (κ3) is 3.20. The lowest BCUT2D eigenvalue weighted by Gasteiger charge is -2.30. The number of carbonyl (C=O) groups is 3. The molecule has 5 heteroatoms. The molecule has 0 atom stereocenters. The molecular weight excluding hydrogens is 404 g/mol. The smallest absolute Gasteiger partial charge is 0.332 e. The summed E-state index contributed by atoms with van der Waals surface area (Å²) in [4.78, 5) is 38.7. The number of allylic oxidation sites excluding steroid dienone is 2. The van der Waals surface area contributed by atoms with E-state index in [4.69, 9.17) is 9.47 Å². The molecule has 4 rings (SSSR count). The summed E-state index contributed by atoms with van der Waals surface area (Å²) in [7, 11) is 2.59. The quantitative estimate of drug-likeness (QED) is 0.388. The first-order chi connectivity index (χ1) is 15.5. The Kier molecular flexibility index (Phi) is 5.83. The first-order valence-corrected chi connectivity index (χ1v) is 10.8. The number of esters is 2. The van der Waals surface area contributed by atoms with Gasteiger partial charge in [-0.3, -0.25) is 14.4 Å². The molecule has 0 amide bonds. The lowest BCUT2D eigenvalue weighted by molar-refractivity contribution is -0.159. The van der Waals surface area contributed by atoms with Crippen LogP contribution in [0.2, 0.25) is 0 Å². The monoisotopic (exact) mass is 430 g/mol. The van der Waals surface area contributed by atoms with Crippen LogP contribution in [-0.4, -0.2) is 31.9 Å². The summed E-state index contributed by atoms with van der Waals surface area (Å²) in [6.45, 7) is 1.52. The molecule has 0 radical (unpaired) electrons. The van der Waals surface area contributed by atoms with Crippen LogP contribution < -0.4 is 0 Å². The lowest BCUT2D eigenvalue weighted by Crippen LogP contribution is -2.46. The average molecular weight is 431 g/mol.